The van der Waals surface area contributed by atoms with Gasteiger partial charge < -0.3 is 15.4 Å². The molecule has 0 aliphatic carbocycles. The Bertz CT molecular complexity index is 733. The summed E-state index contributed by atoms with van der Waals surface area (Å²) >= 11 is 0. The molecule has 2 aromatic rings. The highest BCUT2D eigenvalue weighted by Crippen LogP contribution is 2.22. The van der Waals surface area contributed by atoms with Crippen LogP contribution in [0.4, 0.5) is 20.3 Å². The van der Waals surface area contributed by atoms with Crippen molar-refractivity contribution in [1.29, 1.82) is 0 Å². The first-order chi connectivity index (χ1) is 11.9. The minimum Gasteiger partial charge on any atom is -0.494 e. The molecule has 2 aromatic heterocycles. The zero-order valence-electron chi connectivity index (χ0n) is 14.3. The summed E-state index contributed by atoms with van der Waals surface area (Å²) in [5.74, 6) is -1.28. The van der Waals surface area contributed by atoms with Crippen molar-refractivity contribution >= 4 is 17.4 Å². The van der Waals surface area contributed by atoms with Gasteiger partial charge in [0.15, 0.2) is 5.69 Å². The number of nitrogens with one attached hydrogen (secondary N) is 2. The molecular formula is C17H20F2N4O2. The molecule has 0 radical (unpaired) electrons. The fourth-order valence-electron chi connectivity index (χ4n) is 2.09. The lowest BCUT2D eigenvalue weighted by Gasteiger charge is -2.12. The predicted octanol–water partition coefficient (Wildman–Crippen LogP) is 3.28. The van der Waals surface area contributed by atoms with Gasteiger partial charge in [-0.05, 0) is 24.5 Å². The van der Waals surface area contributed by atoms with E-state index >= 15 is 0 Å². The molecule has 8 heteroatoms. The van der Waals surface area contributed by atoms with Crippen LogP contribution in [-0.4, -0.2) is 29.5 Å². The topological polar surface area (TPSA) is 76.1 Å². The van der Waals surface area contributed by atoms with Gasteiger partial charge in [0.05, 0.1) is 7.11 Å². The first kappa shape index (κ1) is 18.6. The lowest BCUT2D eigenvalue weighted by molar-refractivity contribution is 0.0944. The molecule has 0 unspecified atom stereocenters. The number of carbonyl (C=O) groups excluding carboxylic acids is 1. The minimum atomic E-state index is -0.956. The van der Waals surface area contributed by atoms with Crippen molar-refractivity contribution in [2.45, 2.75) is 20.3 Å². The second-order valence-corrected chi connectivity index (χ2v) is 5.81. The maximum atomic E-state index is 13.2. The van der Waals surface area contributed by atoms with Gasteiger partial charge in [0, 0.05) is 24.4 Å². The zero-order valence-corrected chi connectivity index (χ0v) is 14.3. The molecule has 134 valence electrons. The Balaban J connectivity index is 2.19. The molecule has 0 atom stereocenters. The van der Waals surface area contributed by atoms with E-state index in [4.69, 9.17) is 4.74 Å². The van der Waals surface area contributed by atoms with Gasteiger partial charge >= 0.3 is 0 Å². The standard InChI is InChI=1S/C17H20F2N4O2/c1-10(2)6-7-20-17(24)16-12(25-3)4-5-15(23-16)21-11-8-13(18)22-14(19)9-11/h4-5,8-10H,6-7H2,1-3H3,(H,20,24)(H,21,22,23). The highest BCUT2D eigenvalue weighted by molar-refractivity contribution is 5.95. The Morgan fingerprint density at radius 1 is 1.20 bits per heavy atom. The van der Waals surface area contributed by atoms with Gasteiger partial charge in [-0.3, -0.25) is 4.79 Å². The Morgan fingerprint density at radius 2 is 1.88 bits per heavy atom. The van der Waals surface area contributed by atoms with E-state index < -0.39 is 11.9 Å². The molecule has 0 aliphatic heterocycles. The number of aromatic nitrogens is 2. The summed E-state index contributed by atoms with van der Waals surface area (Å²) in [6.07, 6.45) is 0.835. The molecule has 0 aromatic carbocycles. The summed E-state index contributed by atoms with van der Waals surface area (Å²) in [6, 6.07) is 5.15. The normalized spacial score (nSPS) is 10.6. The van der Waals surface area contributed by atoms with E-state index in [1.54, 1.807) is 12.1 Å². The second kappa shape index (κ2) is 8.36. The zero-order chi connectivity index (χ0) is 18.4. The molecule has 0 bridgehead atoms. The van der Waals surface area contributed by atoms with Crippen LogP contribution in [0.25, 0.3) is 0 Å². The van der Waals surface area contributed by atoms with Crippen molar-refractivity contribution in [3.05, 3.63) is 41.9 Å². The fourth-order valence-corrected chi connectivity index (χ4v) is 2.09. The summed E-state index contributed by atoms with van der Waals surface area (Å²) in [7, 11) is 1.43. The van der Waals surface area contributed by atoms with E-state index in [-0.39, 0.29) is 23.1 Å². The number of amides is 1. The number of anilines is 2. The smallest absolute Gasteiger partial charge is 0.273 e. The van der Waals surface area contributed by atoms with Crippen molar-refractivity contribution in [3.8, 4) is 5.75 Å². The van der Waals surface area contributed by atoms with Crippen LogP contribution in [0.2, 0.25) is 0 Å². The molecule has 6 nitrogen and oxygen atoms in total. The lowest BCUT2D eigenvalue weighted by atomic mass is 10.1. The van der Waals surface area contributed by atoms with Crippen LogP contribution in [0, 0.1) is 17.8 Å². The van der Waals surface area contributed by atoms with Gasteiger partial charge in [-0.25, -0.2) is 4.98 Å². The molecule has 2 rings (SSSR count). The van der Waals surface area contributed by atoms with Crippen LogP contribution in [-0.2, 0) is 0 Å². The number of rotatable bonds is 7. The van der Waals surface area contributed by atoms with Crippen molar-refractivity contribution < 1.29 is 18.3 Å². The quantitative estimate of drug-likeness (QED) is 0.750. The van der Waals surface area contributed by atoms with Gasteiger partial charge in [0.2, 0.25) is 11.9 Å². The number of carbonyl (C=O) groups is 1. The SMILES string of the molecule is COc1ccc(Nc2cc(F)nc(F)c2)nc1C(=O)NCCC(C)C. The van der Waals surface area contributed by atoms with Crippen molar-refractivity contribution in [3.63, 3.8) is 0 Å². The third-order valence-electron chi connectivity index (χ3n) is 3.34. The molecule has 0 spiro atoms. The molecule has 0 saturated carbocycles. The summed E-state index contributed by atoms with van der Waals surface area (Å²) in [6.45, 7) is 4.63. The van der Waals surface area contributed by atoms with Crippen LogP contribution in [0.1, 0.15) is 30.8 Å². The van der Waals surface area contributed by atoms with Gasteiger partial charge in [-0.2, -0.15) is 13.8 Å². The Kier molecular flexibility index (Phi) is 6.21. The van der Waals surface area contributed by atoms with Crippen LogP contribution >= 0.6 is 0 Å². The largest absolute Gasteiger partial charge is 0.494 e. The Hall–Kier alpha value is -2.77. The van der Waals surface area contributed by atoms with Gasteiger partial charge in [0.1, 0.15) is 11.6 Å². The second-order valence-electron chi connectivity index (χ2n) is 5.81. The number of pyridine rings is 2. The predicted molar refractivity (Wildman–Crippen MR) is 90.0 cm³/mol. The molecule has 2 heterocycles. The molecule has 0 saturated heterocycles. The van der Waals surface area contributed by atoms with Crippen molar-refractivity contribution in [2.24, 2.45) is 5.92 Å². The molecular weight excluding hydrogens is 330 g/mol. The molecule has 1 amide bonds. The number of halogens is 2. The third-order valence-corrected chi connectivity index (χ3v) is 3.34. The van der Waals surface area contributed by atoms with E-state index in [9.17, 15) is 13.6 Å². The average molecular weight is 350 g/mol. The number of methoxy groups -OCH3 is 1. The van der Waals surface area contributed by atoms with E-state index in [0.717, 1.165) is 18.6 Å². The monoisotopic (exact) mass is 350 g/mol. The molecule has 0 aliphatic rings. The van der Waals surface area contributed by atoms with Gasteiger partial charge in [-0.15, -0.1) is 0 Å². The Morgan fingerprint density at radius 3 is 2.48 bits per heavy atom. The maximum Gasteiger partial charge on any atom is 0.273 e. The van der Waals surface area contributed by atoms with Crippen LogP contribution in [0.15, 0.2) is 24.3 Å². The van der Waals surface area contributed by atoms with Crippen molar-refractivity contribution in [2.75, 3.05) is 19.0 Å². The average Bonchev–Trinajstić information content (AvgIpc) is 2.53. The number of hydrogen-bond acceptors (Lipinski definition) is 5. The minimum absolute atomic E-state index is 0.0891. The number of nitrogens with zero attached hydrogens (tertiary/aromatic N) is 2. The van der Waals surface area contributed by atoms with Gasteiger partial charge in [0.25, 0.3) is 5.91 Å². The van der Waals surface area contributed by atoms with E-state index in [0.29, 0.717) is 18.2 Å². The molecule has 0 fully saturated rings. The summed E-state index contributed by atoms with van der Waals surface area (Å²) in [5, 5.41) is 5.51. The molecule has 2 N–H and O–H groups in total. The highest BCUT2D eigenvalue weighted by Gasteiger charge is 2.15. The Labute approximate surface area is 144 Å². The first-order valence-electron chi connectivity index (χ1n) is 7.82. The van der Waals surface area contributed by atoms with E-state index in [2.05, 4.69) is 34.4 Å². The van der Waals surface area contributed by atoms with Crippen molar-refractivity contribution in [1.82, 2.24) is 15.3 Å². The summed E-state index contributed by atoms with van der Waals surface area (Å²) in [5.41, 5.74) is 0.222. The highest BCUT2D eigenvalue weighted by atomic mass is 19.1. The van der Waals surface area contributed by atoms with Crippen LogP contribution in [0.3, 0.4) is 0 Å². The molecule has 25 heavy (non-hydrogen) atoms. The lowest BCUT2D eigenvalue weighted by Crippen LogP contribution is -2.26. The van der Waals surface area contributed by atoms with Crippen LogP contribution in [0.5, 0.6) is 5.75 Å². The summed E-state index contributed by atoms with van der Waals surface area (Å²) < 4.78 is 31.5. The van der Waals surface area contributed by atoms with Crippen LogP contribution < -0.4 is 15.4 Å². The fraction of sp³-hybridized carbons (Fsp3) is 0.353. The third kappa shape index (κ3) is 5.37. The maximum absolute atomic E-state index is 13.2. The number of ether oxygens (including phenoxy) is 1. The summed E-state index contributed by atoms with van der Waals surface area (Å²) in [4.78, 5) is 19.5. The first-order valence-corrected chi connectivity index (χ1v) is 7.82. The number of hydrogen-bond donors (Lipinski definition) is 2. The van der Waals surface area contributed by atoms with E-state index in [1.807, 2.05) is 0 Å². The van der Waals surface area contributed by atoms with Gasteiger partial charge in [-0.1, -0.05) is 13.8 Å². The van der Waals surface area contributed by atoms with E-state index in [1.165, 1.54) is 7.11 Å².